The number of nitrogens with two attached hydrogens (primary N) is 1. The zero-order chi connectivity index (χ0) is 20.8. The van der Waals surface area contributed by atoms with E-state index in [0.29, 0.717) is 11.5 Å². The van der Waals surface area contributed by atoms with Crippen LogP contribution < -0.4 is 14.6 Å². The van der Waals surface area contributed by atoms with Crippen molar-refractivity contribution in [3.63, 3.8) is 0 Å². The minimum atomic E-state index is -3.73. The maximum atomic E-state index is 11.5. The van der Waals surface area contributed by atoms with Crippen LogP contribution in [-0.2, 0) is 10.0 Å². The van der Waals surface area contributed by atoms with Gasteiger partial charge in [-0.2, -0.15) is 0 Å². The average Bonchev–Trinajstić information content (AvgIpc) is 3.16. The zero-order valence-corrected chi connectivity index (χ0v) is 17.0. The number of hydrogen-bond donors (Lipinski definition) is 1. The van der Waals surface area contributed by atoms with Crippen molar-refractivity contribution in [3.8, 4) is 11.5 Å². The highest BCUT2D eigenvalue weighted by molar-refractivity contribution is 7.89. The first-order valence-electron chi connectivity index (χ1n) is 8.83. The van der Waals surface area contributed by atoms with Crippen molar-refractivity contribution in [3.05, 3.63) is 54.5 Å². The first-order chi connectivity index (χ1) is 13.8. The molecule has 2 heterocycles. The van der Waals surface area contributed by atoms with Crippen molar-refractivity contribution < 1.29 is 17.9 Å². The molecule has 2 aromatic heterocycles. The van der Waals surface area contributed by atoms with E-state index in [2.05, 4.69) is 9.97 Å². The summed E-state index contributed by atoms with van der Waals surface area (Å²) in [5.41, 5.74) is 3.33. The number of benzene rings is 2. The van der Waals surface area contributed by atoms with Gasteiger partial charge in [0.05, 0.1) is 48.7 Å². The summed E-state index contributed by atoms with van der Waals surface area (Å²) in [5.74, 6) is 1.21. The molecule has 0 aliphatic rings. The number of fused-ring (bicyclic) bond motifs is 3. The van der Waals surface area contributed by atoms with Crippen LogP contribution in [0.4, 0.5) is 0 Å². The standard InChI is InChI=1S/C20H20N4O4S/c1-12(13-4-6-14(7-5-13)29(21,25)26)24-11-23-17-10-22-16-9-19(28-3)18(27-2)8-15(16)20(17)24/h4-12H,1-3H3,(H2,21,25,26)/t12-/m1/s1. The van der Waals surface area contributed by atoms with Gasteiger partial charge in [-0.05, 0) is 30.7 Å². The van der Waals surface area contributed by atoms with Gasteiger partial charge < -0.3 is 14.0 Å². The molecule has 0 aliphatic carbocycles. The van der Waals surface area contributed by atoms with Gasteiger partial charge in [-0.1, -0.05) is 12.1 Å². The minimum absolute atomic E-state index is 0.0791. The number of ether oxygens (including phenoxy) is 2. The van der Waals surface area contributed by atoms with Crippen molar-refractivity contribution in [1.29, 1.82) is 0 Å². The molecule has 0 radical (unpaired) electrons. The predicted molar refractivity (Wildman–Crippen MR) is 110 cm³/mol. The van der Waals surface area contributed by atoms with Crippen molar-refractivity contribution in [2.75, 3.05) is 14.2 Å². The Morgan fingerprint density at radius 1 is 1.00 bits per heavy atom. The van der Waals surface area contributed by atoms with Crippen LogP contribution in [0.25, 0.3) is 21.9 Å². The Morgan fingerprint density at radius 3 is 2.28 bits per heavy atom. The number of methoxy groups -OCH3 is 2. The molecule has 0 saturated heterocycles. The molecule has 2 aromatic carbocycles. The number of imidazole rings is 1. The van der Waals surface area contributed by atoms with Gasteiger partial charge in [-0.25, -0.2) is 18.5 Å². The van der Waals surface area contributed by atoms with E-state index < -0.39 is 10.0 Å². The summed E-state index contributed by atoms with van der Waals surface area (Å²) in [7, 11) is -0.559. The third kappa shape index (κ3) is 3.28. The van der Waals surface area contributed by atoms with Crippen LogP contribution in [-0.4, -0.2) is 37.2 Å². The molecular formula is C20H20N4O4S. The molecular weight excluding hydrogens is 392 g/mol. The molecule has 0 unspecified atom stereocenters. The predicted octanol–water partition coefficient (Wildman–Crippen LogP) is 2.86. The number of hydrogen-bond acceptors (Lipinski definition) is 6. The van der Waals surface area contributed by atoms with Gasteiger partial charge in [-0.3, -0.25) is 4.98 Å². The van der Waals surface area contributed by atoms with Crippen LogP contribution in [0.5, 0.6) is 11.5 Å². The molecule has 0 fully saturated rings. The number of aromatic nitrogens is 3. The lowest BCUT2D eigenvalue weighted by Crippen LogP contribution is -2.12. The molecule has 4 rings (SSSR count). The highest BCUT2D eigenvalue weighted by Crippen LogP contribution is 2.35. The maximum absolute atomic E-state index is 11.5. The molecule has 29 heavy (non-hydrogen) atoms. The lowest BCUT2D eigenvalue weighted by atomic mass is 10.1. The largest absolute Gasteiger partial charge is 0.493 e. The molecule has 150 valence electrons. The molecule has 0 saturated carbocycles. The Kier molecular flexibility index (Phi) is 4.64. The van der Waals surface area contributed by atoms with E-state index >= 15 is 0 Å². The molecule has 8 nitrogen and oxygen atoms in total. The summed E-state index contributed by atoms with van der Waals surface area (Å²) in [5, 5.41) is 6.07. The smallest absolute Gasteiger partial charge is 0.238 e. The minimum Gasteiger partial charge on any atom is -0.493 e. The molecule has 0 bridgehead atoms. The Morgan fingerprint density at radius 2 is 1.66 bits per heavy atom. The number of pyridine rings is 1. The lowest BCUT2D eigenvalue weighted by Gasteiger charge is -2.17. The second kappa shape index (κ2) is 7.02. The second-order valence-corrected chi connectivity index (χ2v) is 8.22. The Labute approximate surface area is 167 Å². The third-order valence-corrected chi connectivity index (χ3v) is 5.94. The summed E-state index contributed by atoms with van der Waals surface area (Å²) >= 11 is 0. The van der Waals surface area contributed by atoms with Crippen LogP contribution in [0, 0.1) is 0 Å². The molecule has 1 atom stereocenters. The van der Waals surface area contributed by atoms with Crippen LogP contribution in [0.1, 0.15) is 18.5 Å². The Hall–Kier alpha value is -3.17. The third-order valence-electron chi connectivity index (χ3n) is 5.01. The van der Waals surface area contributed by atoms with E-state index in [4.69, 9.17) is 14.6 Å². The van der Waals surface area contributed by atoms with Crippen LogP contribution in [0.3, 0.4) is 0 Å². The lowest BCUT2D eigenvalue weighted by molar-refractivity contribution is 0.356. The van der Waals surface area contributed by atoms with Gasteiger partial charge in [0, 0.05) is 11.5 Å². The SMILES string of the molecule is COc1cc2ncc3ncn([C@H](C)c4ccc(S(N)(=O)=O)cc4)c3c2cc1OC. The van der Waals surface area contributed by atoms with Crippen LogP contribution in [0.2, 0.25) is 0 Å². The average molecular weight is 412 g/mol. The van der Waals surface area contributed by atoms with Gasteiger partial charge in [-0.15, -0.1) is 0 Å². The summed E-state index contributed by atoms with van der Waals surface area (Å²) in [6, 6.07) is 10.1. The van der Waals surface area contributed by atoms with E-state index in [9.17, 15) is 8.42 Å². The summed E-state index contributed by atoms with van der Waals surface area (Å²) in [4.78, 5) is 9.05. The Balaban J connectivity index is 1.88. The first kappa shape index (κ1) is 19.2. The van der Waals surface area contributed by atoms with Crippen LogP contribution >= 0.6 is 0 Å². The number of rotatable bonds is 5. The summed E-state index contributed by atoms with van der Waals surface area (Å²) in [6.07, 6.45) is 3.47. The molecule has 0 spiro atoms. The monoisotopic (exact) mass is 412 g/mol. The van der Waals surface area contributed by atoms with Crippen molar-refractivity contribution in [1.82, 2.24) is 14.5 Å². The summed E-state index contributed by atoms with van der Waals surface area (Å²) < 4.78 is 35.9. The van der Waals surface area contributed by atoms with E-state index in [0.717, 1.165) is 27.5 Å². The van der Waals surface area contributed by atoms with E-state index in [-0.39, 0.29) is 10.9 Å². The fraction of sp³-hybridized carbons (Fsp3) is 0.200. The summed E-state index contributed by atoms with van der Waals surface area (Å²) in [6.45, 7) is 2.01. The molecule has 0 aliphatic heterocycles. The Bertz CT molecular complexity index is 1310. The van der Waals surface area contributed by atoms with Gasteiger partial charge >= 0.3 is 0 Å². The van der Waals surface area contributed by atoms with Crippen LogP contribution in [0.15, 0.2) is 53.8 Å². The van der Waals surface area contributed by atoms with Gasteiger partial charge in [0.2, 0.25) is 10.0 Å². The van der Waals surface area contributed by atoms with E-state index in [1.54, 1.807) is 38.9 Å². The van der Waals surface area contributed by atoms with E-state index in [1.165, 1.54) is 12.1 Å². The second-order valence-electron chi connectivity index (χ2n) is 6.66. The van der Waals surface area contributed by atoms with Crippen molar-refractivity contribution in [2.24, 2.45) is 5.14 Å². The van der Waals surface area contributed by atoms with Crippen molar-refractivity contribution in [2.45, 2.75) is 17.9 Å². The number of sulfonamides is 1. The fourth-order valence-corrected chi connectivity index (χ4v) is 3.95. The van der Waals surface area contributed by atoms with E-state index in [1.807, 2.05) is 23.6 Å². The quantitative estimate of drug-likeness (QED) is 0.540. The first-order valence-corrected chi connectivity index (χ1v) is 10.4. The normalized spacial score (nSPS) is 13.0. The maximum Gasteiger partial charge on any atom is 0.238 e. The number of primary sulfonamides is 1. The molecule has 9 heteroatoms. The molecule has 2 N–H and O–H groups in total. The van der Waals surface area contributed by atoms with Crippen molar-refractivity contribution >= 4 is 32.0 Å². The van der Waals surface area contributed by atoms with Gasteiger partial charge in [0.25, 0.3) is 0 Å². The highest BCUT2D eigenvalue weighted by atomic mass is 32.2. The molecule has 0 amide bonds. The van der Waals surface area contributed by atoms with Gasteiger partial charge in [0.1, 0.15) is 5.52 Å². The fourth-order valence-electron chi connectivity index (χ4n) is 3.43. The number of nitrogens with zero attached hydrogens (tertiary/aromatic N) is 3. The highest BCUT2D eigenvalue weighted by Gasteiger charge is 2.17. The topological polar surface area (TPSA) is 109 Å². The van der Waals surface area contributed by atoms with Gasteiger partial charge in [0.15, 0.2) is 11.5 Å². The molecule has 4 aromatic rings. The zero-order valence-electron chi connectivity index (χ0n) is 16.2.